The summed E-state index contributed by atoms with van der Waals surface area (Å²) in [6, 6.07) is 6.69. The number of rotatable bonds is 2. The van der Waals surface area contributed by atoms with Gasteiger partial charge in [-0.3, -0.25) is 0 Å². The summed E-state index contributed by atoms with van der Waals surface area (Å²) in [6.45, 7) is 11.2. The Labute approximate surface area is 153 Å². The zero-order valence-electron chi connectivity index (χ0n) is 15.4. The van der Waals surface area contributed by atoms with Crippen molar-refractivity contribution in [1.82, 2.24) is 9.97 Å². The van der Waals surface area contributed by atoms with Crippen molar-refractivity contribution >= 4 is 27.4 Å². The Bertz CT molecular complexity index is 905. The number of thiophene rings is 1. The van der Waals surface area contributed by atoms with Gasteiger partial charge in [0.2, 0.25) is 0 Å². The van der Waals surface area contributed by atoms with Crippen LogP contribution in [0.1, 0.15) is 31.4 Å². The summed E-state index contributed by atoms with van der Waals surface area (Å²) in [5.74, 6) is 2.52. The van der Waals surface area contributed by atoms with E-state index < -0.39 is 0 Å². The van der Waals surface area contributed by atoms with Crippen molar-refractivity contribution in [2.24, 2.45) is 11.8 Å². The van der Waals surface area contributed by atoms with Gasteiger partial charge in [0.15, 0.2) is 0 Å². The summed E-state index contributed by atoms with van der Waals surface area (Å²) in [4.78, 5) is 12.8. The van der Waals surface area contributed by atoms with E-state index in [4.69, 9.17) is 4.98 Å². The summed E-state index contributed by atoms with van der Waals surface area (Å²) in [6.07, 6.45) is 3.03. The zero-order valence-corrected chi connectivity index (χ0v) is 16.2. The molecule has 2 aromatic heterocycles. The fourth-order valence-corrected chi connectivity index (χ4v) is 5.15. The van der Waals surface area contributed by atoms with Gasteiger partial charge in [0, 0.05) is 24.0 Å². The molecule has 3 aromatic rings. The van der Waals surface area contributed by atoms with E-state index in [0.717, 1.165) is 23.7 Å². The maximum Gasteiger partial charge on any atom is 0.141 e. The molecule has 0 bridgehead atoms. The first-order valence-corrected chi connectivity index (χ1v) is 9.95. The van der Waals surface area contributed by atoms with E-state index in [9.17, 15) is 0 Å². The van der Waals surface area contributed by atoms with Gasteiger partial charge >= 0.3 is 0 Å². The van der Waals surface area contributed by atoms with E-state index in [0.29, 0.717) is 11.8 Å². The SMILES string of the molecule is Cc1ccc(-c2csc3ncnc(N4CC(C)CC(C)C4)c23)c(C)c1. The van der Waals surface area contributed by atoms with Crippen LogP contribution in [-0.4, -0.2) is 23.1 Å². The molecule has 0 amide bonds. The van der Waals surface area contributed by atoms with Gasteiger partial charge < -0.3 is 4.90 Å². The number of hydrogen-bond acceptors (Lipinski definition) is 4. The van der Waals surface area contributed by atoms with Gasteiger partial charge in [-0.05, 0) is 43.2 Å². The Kier molecular flexibility index (Phi) is 4.24. The average Bonchev–Trinajstić information content (AvgIpc) is 2.98. The molecule has 25 heavy (non-hydrogen) atoms. The van der Waals surface area contributed by atoms with Crippen molar-refractivity contribution < 1.29 is 0 Å². The minimum Gasteiger partial charge on any atom is -0.355 e. The van der Waals surface area contributed by atoms with Crippen molar-refractivity contribution in [2.75, 3.05) is 18.0 Å². The highest BCUT2D eigenvalue weighted by molar-refractivity contribution is 7.17. The third-order valence-electron chi connectivity index (χ3n) is 5.19. The van der Waals surface area contributed by atoms with E-state index in [-0.39, 0.29) is 0 Å². The minimum absolute atomic E-state index is 0.706. The molecule has 4 heteroatoms. The molecule has 1 aliphatic heterocycles. The summed E-state index contributed by atoms with van der Waals surface area (Å²) in [5.41, 5.74) is 5.19. The molecule has 0 aliphatic carbocycles. The van der Waals surface area contributed by atoms with Crippen molar-refractivity contribution in [1.29, 1.82) is 0 Å². The van der Waals surface area contributed by atoms with Crippen LogP contribution < -0.4 is 4.90 Å². The first-order chi connectivity index (χ1) is 12.0. The summed E-state index contributed by atoms with van der Waals surface area (Å²) < 4.78 is 0. The highest BCUT2D eigenvalue weighted by Crippen LogP contribution is 2.40. The van der Waals surface area contributed by atoms with E-state index in [1.165, 1.54) is 34.1 Å². The molecule has 4 rings (SSSR count). The lowest BCUT2D eigenvalue weighted by Gasteiger charge is -2.36. The number of aryl methyl sites for hydroxylation is 2. The molecule has 3 nitrogen and oxygen atoms in total. The van der Waals surface area contributed by atoms with Gasteiger partial charge in [-0.1, -0.05) is 37.6 Å². The molecule has 130 valence electrons. The first kappa shape index (κ1) is 16.5. The Hall–Kier alpha value is -1.94. The number of hydrogen-bond donors (Lipinski definition) is 0. The summed E-state index contributed by atoms with van der Waals surface area (Å²) >= 11 is 1.72. The normalized spacial score (nSPS) is 21.0. The van der Waals surface area contributed by atoms with Crippen LogP contribution in [0, 0.1) is 25.7 Å². The van der Waals surface area contributed by atoms with Crippen molar-refractivity contribution in [3.8, 4) is 11.1 Å². The van der Waals surface area contributed by atoms with Gasteiger partial charge in [-0.15, -0.1) is 11.3 Å². The highest BCUT2D eigenvalue weighted by Gasteiger charge is 2.26. The number of nitrogens with zero attached hydrogens (tertiary/aromatic N) is 3. The second kappa shape index (κ2) is 6.41. The fraction of sp³-hybridized carbons (Fsp3) is 0.429. The molecule has 1 aliphatic rings. The maximum absolute atomic E-state index is 4.73. The Morgan fingerprint density at radius 3 is 2.52 bits per heavy atom. The predicted molar refractivity (Wildman–Crippen MR) is 107 cm³/mol. The van der Waals surface area contributed by atoms with Crippen LogP contribution in [-0.2, 0) is 0 Å². The zero-order chi connectivity index (χ0) is 17.6. The maximum atomic E-state index is 4.73. The lowest BCUT2D eigenvalue weighted by Crippen LogP contribution is -2.39. The molecule has 0 saturated carbocycles. The Morgan fingerprint density at radius 1 is 1.04 bits per heavy atom. The molecular formula is C21H25N3S. The average molecular weight is 352 g/mol. The molecule has 2 atom stereocenters. The molecule has 2 unspecified atom stereocenters. The minimum atomic E-state index is 0.706. The van der Waals surface area contributed by atoms with E-state index in [1.807, 2.05) is 0 Å². The molecule has 0 radical (unpaired) electrons. The van der Waals surface area contributed by atoms with Crippen LogP contribution in [0.3, 0.4) is 0 Å². The van der Waals surface area contributed by atoms with Crippen molar-refractivity contribution in [2.45, 2.75) is 34.1 Å². The molecule has 0 spiro atoms. The predicted octanol–water partition coefficient (Wildman–Crippen LogP) is 5.46. The Morgan fingerprint density at radius 2 is 1.80 bits per heavy atom. The molecule has 1 fully saturated rings. The number of piperidine rings is 1. The van der Waals surface area contributed by atoms with Crippen LogP contribution >= 0.6 is 11.3 Å². The molecule has 1 aromatic carbocycles. The van der Waals surface area contributed by atoms with E-state index in [2.05, 4.69) is 61.2 Å². The van der Waals surface area contributed by atoms with Crippen LogP contribution in [0.25, 0.3) is 21.3 Å². The van der Waals surface area contributed by atoms with E-state index >= 15 is 0 Å². The Balaban J connectivity index is 1.87. The van der Waals surface area contributed by atoms with Gasteiger partial charge in [0.25, 0.3) is 0 Å². The van der Waals surface area contributed by atoms with Gasteiger partial charge in [-0.2, -0.15) is 0 Å². The third kappa shape index (κ3) is 3.04. The molecular weight excluding hydrogens is 326 g/mol. The van der Waals surface area contributed by atoms with Crippen molar-refractivity contribution in [3.05, 3.63) is 41.0 Å². The second-order valence-corrected chi connectivity index (χ2v) is 8.55. The third-order valence-corrected chi connectivity index (χ3v) is 6.08. The number of benzene rings is 1. The van der Waals surface area contributed by atoms with Gasteiger partial charge in [0.05, 0.1) is 5.39 Å². The topological polar surface area (TPSA) is 29.0 Å². The van der Waals surface area contributed by atoms with Crippen LogP contribution in [0.4, 0.5) is 5.82 Å². The number of aromatic nitrogens is 2. The summed E-state index contributed by atoms with van der Waals surface area (Å²) in [7, 11) is 0. The van der Waals surface area contributed by atoms with Gasteiger partial charge in [0.1, 0.15) is 17.0 Å². The molecule has 3 heterocycles. The summed E-state index contributed by atoms with van der Waals surface area (Å²) in [5, 5.41) is 3.47. The monoisotopic (exact) mass is 351 g/mol. The lowest BCUT2D eigenvalue weighted by atomic mass is 9.91. The number of anilines is 1. The van der Waals surface area contributed by atoms with Crippen LogP contribution in [0.15, 0.2) is 29.9 Å². The first-order valence-electron chi connectivity index (χ1n) is 9.07. The largest absolute Gasteiger partial charge is 0.355 e. The second-order valence-electron chi connectivity index (χ2n) is 7.70. The van der Waals surface area contributed by atoms with E-state index in [1.54, 1.807) is 17.7 Å². The highest BCUT2D eigenvalue weighted by atomic mass is 32.1. The molecule has 1 saturated heterocycles. The number of fused-ring (bicyclic) bond motifs is 1. The fourth-order valence-electron chi connectivity index (χ4n) is 4.25. The van der Waals surface area contributed by atoms with Crippen molar-refractivity contribution in [3.63, 3.8) is 0 Å². The smallest absolute Gasteiger partial charge is 0.141 e. The quantitative estimate of drug-likeness (QED) is 0.614. The van der Waals surface area contributed by atoms with Crippen LogP contribution in [0.5, 0.6) is 0 Å². The van der Waals surface area contributed by atoms with Crippen LogP contribution in [0.2, 0.25) is 0 Å². The standard InChI is InChI=1S/C21H25N3S/c1-13-5-6-17(16(4)8-13)18-11-25-21-19(18)20(22-12-23-21)24-9-14(2)7-15(3)10-24/h5-6,8,11-12,14-15H,7,9-10H2,1-4H3. The van der Waals surface area contributed by atoms with Gasteiger partial charge in [-0.25, -0.2) is 9.97 Å². The molecule has 0 N–H and O–H groups in total. The lowest BCUT2D eigenvalue weighted by molar-refractivity contribution is 0.356.